The van der Waals surface area contributed by atoms with E-state index in [4.69, 9.17) is 0 Å². The van der Waals surface area contributed by atoms with E-state index >= 15 is 0 Å². The van der Waals surface area contributed by atoms with E-state index in [1.54, 1.807) is 6.08 Å². The normalized spacial score (nSPS) is 26.1. The lowest BCUT2D eigenvalue weighted by Crippen LogP contribution is -2.49. The molecule has 3 atom stereocenters. The number of allylic oxidation sites excluding steroid dienone is 6. The molecular weight excluding hydrogens is 365 g/mol. The van der Waals surface area contributed by atoms with E-state index < -0.39 is 0 Å². The van der Waals surface area contributed by atoms with E-state index in [9.17, 15) is 4.79 Å². The molecule has 0 spiro atoms. The molecule has 28 heavy (non-hydrogen) atoms. The van der Waals surface area contributed by atoms with Crippen molar-refractivity contribution in [2.75, 3.05) is 19.6 Å². The number of likely N-dealkylation sites (tertiary alicyclic amines) is 1. The maximum atomic E-state index is 13.4. The Hall–Kier alpha value is -1.64. The van der Waals surface area contributed by atoms with Crippen LogP contribution in [-0.2, 0) is 4.79 Å². The van der Waals surface area contributed by atoms with E-state index in [2.05, 4.69) is 55.5 Å². The molecule has 2 fully saturated rings. The summed E-state index contributed by atoms with van der Waals surface area (Å²) in [7, 11) is 2.78. The number of rotatable bonds is 6. The Balaban J connectivity index is 1.69. The van der Waals surface area contributed by atoms with E-state index in [0.717, 1.165) is 69.4 Å². The van der Waals surface area contributed by atoms with Crippen LogP contribution in [0.4, 0.5) is 0 Å². The lowest BCUT2D eigenvalue weighted by molar-refractivity contribution is -0.139. The van der Waals surface area contributed by atoms with Crippen LogP contribution in [0, 0.1) is 5.92 Å². The first kappa shape index (κ1) is 21.1. The molecule has 2 heterocycles. The van der Waals surface area contributed by atoms with Gasteiger partial charge in [-0.15, -0.1) is 0 Å². The second-order valence-corrected chi connectivity index (χ2v) is 8.55. The number of hydrazine groups is 1. The van der Waals surface area contributed by atoms with Crippen molar-refractivity contribution in [1.29, 1.82) is 0 Å². The molecule has 2 aliphatic heterocycles. The van der Waals surface area contributed by atoms with Gasteiger partial charge in [0.15, 0.2) is 0 Å². The Bertz CT molecular complexity index is 709. The molecular formula is C23H34N3OP. The zero-order valence-electron chi connectivity index (χ0n) is 17.1. The van der Waals surface area contributed by atoms with Crippen LogP contribution in [0.25, 0.3) is 0 Å². The number of amides is 1. The molecule has 2 saturated heterocycles. The first-order chi connectivity index (χ1) is 13.5. The van der Waals surface area contributed by atoms with Gasteiger partial charge in [0, 0.05) is 19.6 Å². The van der Waals surface area contributed by atoms with Crippen LogP contribution in [-0.4, -0.2) is 46.3 Å². The molecule has 0 bridgehead atoms. The Kier molecular flexibility index (Phi) is 7.31. The third kappa shape index (κ3) is 4.67. The monoisotopic (exact) mass is 399 g/mol. The van der Waals surface area contributed by atoms with Crippen molar-refractivity contribution in [2.45, 2.75) is 51.5 Å². The van der Waals surface area contributed by atoms with Crippen LogP contribution in [0.15, 0.2) is 60.4 Å². The Morgan fingerprint density at radius 3 is 2.79 bits per heavy atom. The number of piperidine rings is 1. The van der Waals surface area contributed by atoms with E-state index in [-0.39, 0.29) is 5.92 Å². The summed E-state index contributed by atoms with van der Waals surface area (Å²) < 4.78 is 2.07. The van der Waals surface area contributed by atoms with E-state index in [1.165, 1.54) is 5.57 Å². The maximum absolute atomic E-state index is 13.4. The van der Waals surface area contributed by atoms with Gasteiger partial charge in [-0.1, -0.05) is 37.5 Å². The number of nitrogens with zero attached hydrogens (tertiary/aromatic N) is 3. The lowest BCUT2D eigenvalue weighted by Gasteiger charge is -2.41. The van der Waals surface area contributed by atoms with Gasteiger partial charge in [0.1, 0.15) is 0 Å². The molecule has 0 aromatic heterocycles. The first-order valence-corrected chi connectivity index (χ1v) is 11.0. The second kappa shape index (κ2) is 9.71. The fourth-order valence-electron chi connectivity index (χ4n) is 4.58. The summed E-state index contributed by atoms with van der Waals surface area (Å²) in [6.45, 7) is 12.5. The molecule has 152 valence electrons. The Labute approximate surface area is 172 Å². The SMILES string of the molecule is C=C/C=C(\C(=C)C)N(P)N1CCCC(C(=O)N2CCCC2C2=CC=CCC2)C1. The zero-order valence-corrected chi connectivity index (χ0v) is 18.3. The fourth-order valence-corrected chi connectivity index (χ4v) is 5.10. The van der Waals surface area contributed by atoms with Crippen LogP contribution >= 0.6 is 9.39 Å². The van der Waals surface area contributed by atoms with Crippen molar-refractivity contribution in [1.82, 2.24) is 14.7 Å². The second-order valence-electron chi connectivity index (χ2n) is 8.06. The van der Waals surface area contributed by atoms with Gasteiger partial charge in [0.2, 0.25) is 5.91 Å². The molecule has 1 amide bonds. The molecule has 0 N–H and O–H groups in total. The van der Waals surface area contributed by atoms with Gasteiger partial charge in [0.25, 0.3) is 0 Å². The van der Waals surface area contributed by atoms with Crippen molar-refractivity contribution in [3.05, 3.63) is 60.4 Å². The quantitative estimate of drug-likeness (QED) is 0.482. The molecule has 3 aliphatic rings. The summed E-state index contributed by atoms with van der Waals surface area (Å²) in [5, 5.41) is 2.26. The highest BCUT2D eigenvalue weighted by atomic mass is 31.0. The van der Waals surface area contributed by atoms with Crippen molar-refractivity contribution in [3.8, 4) is 0 Å². The van der Waals surface area contributed by atoms with Crippen molar-refractivity contribution in [3.63, 3.8) is 0 Å². The minimum absolute atomic E-state index is 0.0623. The summed E-state index contributed by atoms with van der Waals surface area (Å²) in [5.74, 6) is 0.401. The van der Waals surface area contributed by atoms with Gasteiger partial charge in [0.05, 0.1) is 17.7 Å². The minimum atomic E-state index is 0.0623. The predicted molar refractivity (Wildman–Crippen MR) is 120 cm³/mol. The summed E-state index contributed by atoms with van der Waals surface area (Å²) >= 11 is 0. The van der Waals surface area contributed by atoms with Crippen molar-refractivity contribution >= 4 is 15.3 Å². The minimum Gasteiger partial charge on any atom is -0.336 e. The first-order valence-electron chi connectivity index (χ1n) is 10.5. The standard InChI is InChI=1S/C23H34N3OP/c1-4-10-21(18(2)3)26(28)24-15-8-13-20(17-24)23(27)25-16-9-14-22(25)19-11-6-5-7-12-19/h4-6,10-11,20,22H,1-2,7-9,12-17,28H2,3H3/b21-10+. The smallest absolute Gasteiger partial charge is 0.227 e. The molecule has 3 rings (SSSR count). The molecule has 0 radical (unpaired) electrons. The zero-order chi connectivity index (χ0) is 20.1. The summed E-state index contributed by atoms with van der Waals surface area (Å²) in [5.41, 5.74) is 3.44. The van der Waals surface area contributed by atoms with Crippen LogP contribution in [0.3, 0.4) is 0 Å². The van der Waals surface area contributed by atoms with Gasteiger partial charge < -0.3 is 4.90 Å². The lowest BCUT2D eigenvalue weighted by atomic mass is 9.93. The van der Waals surface area contributed by atoms with E-state index in [1.807, 2.05) is 13.0 Å². The Morgan fingerprint density at radius 1 is 1.32 bits per heavy atom. The van der Waals surface area contributed by atoms with Crippen LogP contribution < -0.4 is 0 Å². The average Bonchev–Trinajstić information content (AvgIpc) is 3.21. The fraction of sp³-hybridized carbons (Fsp3) is 0.522. The summed E-state index contributed by atoms with van der Waals surface area (Å²) in [6.07, 6.45) is 16.8. The molecule has 4 nitrogen and oxygen atoms in total. The third-order valence-corrected chi connectivity index (χ3v) is 6.63. The number of hydrogen-bond donors (Lipinski definition) is 0. The number of carbonyl (C=O) groups excluding carboxylic acids is 1. The molecule has 0 aromatic carbocycles. The van der Waals surface area contributed by atoms with Gasteiger partial charge in [-0.25, -0.2) is 5.01 Å². The van der Waals surface area contributed by atoms with Crippen LogP contribution in [0.5, 0.6) is 0 Å². The number of hydrogen-bond acceptors (Lipinski definition) is 3. The molecule has 5 heteroatoms. The molecule has 0 aromatic rings. The number of carbonyl (C=O) groups is 1. The molecule has 3 unspecified atom stereocenters. The maximum Gasteiger partial charge on any atom is 0.227 e. The van der Waals surface area contributed by atoms with Crippen molar-refractivity contribution in [2.24, 2.45) is 5.92 Å². The predicted octanol–water partition coefficient (Wildman–Crippen LogP) is 4.62. The van der Waals surface area contributed by atoms with Gasteiger partial charge in [-0.3, -0.25) is 9.57 Å². The third-order valence-electron chi connectivity index (χ3n) is 6.02. The van der Waals surface area contributed by atoms with Crippen molar-refractivity contribution < 1.29 is 4.79 Å². The van der Waals surface area contributed by atoms with Gasteiger partial charge in [-0.2, -0.15) is 0 Å². The highest BCUT2D eigenvalue weighted by Gasteiger charge is 2.37. The van der Waals surface area contributed by atoms with Crippen LogP contribution in [0.1, 0.15) is 45.4 Å². The van der Waals surface area contributed by atoms with E-state index in [0.29, 0.717) is 11.9 Å². The largest absolute Gasteiger partial charge is 0.336 e. The Morgan fingerprint density at radius 2 is 2.11 bits per heavy atom. The summed E-state index contributed by atoms with van der Waals surface area (Å²) in [4.78, 5) is 15.6. The molecule has 1 aliphatic carbocycles. The summed E-state index contributed by atoms with van der Waals surface area (Å²) in [6, 6.07) is 0.312. The molecule has 0 saturated carbocycles. The highest BCUT2D eigenvalue weighted by Crippen LogP contribution is 2.32. The van der Waals surface area contributed by atoms with Crippen LogP contribution in [0.2, 0.25) is 0 Å². The van der Waals surface area contributed by atoms with Gasteiger partial charge in [-0.05, 0) is 72.1 Å². The highest BCUT2D eigenvalue weighted by molar-refractivity contribution is 7.13. The van der Waals surface area contributed by atoms with Gasteiger partial charge >= 0.3 is 0 Å². The average molecular weight is 400 g/mol. The topological polar surface area (TPSA) is 26.8 Å².